The van der Waals surface area contributed by atoms with E-state index in [1.54, 1.807) is 13.1 Å². The molecular weight excluding hydrogens is 394 g/mol. The third-order valence-corrected chi connectivity index (χ3v) is 5.80. The molecule has 0 unspecified atom stereocenters. The quantitative estimate of drug-likeness (QED) is 0.300. The molecule has 0 saturated carbocycles. The molecule has 0 aliphatic heterocycles. The van der Waals surface area contributed by atoms with Gasteiger partial charge >= 0.3 is 5.97 Å². The summed E-state index contributed by atoms with van der Waals surface area (Å²) in [6.07, 6.45) is 1.79. The minimum atomic E-state index is -0.400. The first-order chi connectivity index (χ1) is 14.2. The van der Waals surface area contributed by atoms with Crippen LogP contribution in [0, 0.1) is 0 Å². The first kappa shape index (κ1) is 20.0. The number of anilines is 2. The van der Waals surface area contributed by atoms with Crippen LogP contribution in [0.3, 0.4) is 0 Å². The van der Waals surface area contributed by atoms with E-state index in [0.29, 0.717) is 16.6 Å². The number of benzene rings is 2. The SMILES string of the molecule is C=C(C)OC(=O)c1cc2c(ccc3cnc(Nc4ccc(C(C)(C)C)cc4)nc32)s1. The molecular formula is C24H23N3O2S. The number of hydrogen-bond donors (Lipinski definition) is 1. The van der Waals surface area contributed by atoms with E-state index < -0.39 is 5.97 Å². The molecule has 0 atom stereocenters. The van der Waals surface area contributed by atoms with Crippen LogP contribution >= 0.6 is 11.3 Å². The Labute approximate surface area is 179 Å². The van der Waals surface area contributed by atoms with Crippen LogP contribution in [0.25, 0.3) is 21.0 Å². The van der Waals surface area contributed by atoms with Gasteiger partial charge in [0.05, 0.1) is 11.3 Å². The Morgan fingerprint density at radius 1 is 1.13 bits per heavy atom. The lowest BCUT2D eigenvalue weighted by Crippen LogP contribution is -2.10. The van der Waals surface area contributed by atoms with Crippen molar-refractivity contribution in [2.45, 2.75) is 33.1 Å². The summed E-state index contributed by atoms with van der Waals surface area (Å²) in [6, 6.07) is 14.0. The molecule has 4 rings (SSSR count). The molecule has 30 heavy (non-hydrogen) atoms. The van der Waals surface area contributed by atoms with Gasteiger partial charge in [0.2, 0.25) is 5.95 Å². The predicted molar refractivity (Wildman–Crippen MR) is 124 cm³/mol. The van der Waals surface area contributed by atoms with Gasteiger partial charge in [-0.1, -0.05) is 39.5 Å². The van der Waals surface area contributed by atoms with Crippen LogP contribution < -0.4 is 5.32 Å². The Kier molecular flexibility index (Phi) is 5.03. The van der Waals surface area contributed by atoms with Crippen molar-refractivity contribution >= 4 is 49.9 Å². The molecule has 6 heteroatoms. The molecule has 2 heterocycles. The van der Waals surface area contributed by atoms with E-state index in [1.807, 2.05) is 30.3 Å². The van der Waals surface area contributed by atoms with Crippen LogP contribution in [0.5, 0.6) is 0 Å². The molecule has 4 aromatic rings. The number of rotatable bonds is 4. The fraction of sp³-hybridized carbons (Fsp3) is 0.208. The first-order valence-corrected chi connectivity index (χ1v) is 10.5. The molecule has 1 N–H and O–H groups in total. The molecule has 0 aliphatic rings. The molecule has 152 valence electrons. The minimum Gasteiger partial charge on any atom is -0.428 e. The van der Waals surface area contributed by atoms with E-state index in [-0.39, 0.29) is 5.41 Å². The summed E-state index contributed by atoms with van der Waals surface area (Å²) in [6.45, 7) is 11.8. The highest BCUT2D eigenvalue weighted by molar-refractivity contribution is 7.20. The van der Waals surface area contributed by atoms with Gasteiger partial charge in [-0.2, -0.15) is 0 Å². The summed E-state index contributed by atoms with van der Waals surface area (Å²) in [4.78, 5) is 21.9. The number of esters is 1. The fourth-order valence-electron chi connectivity index (χ4n) is 3.16. The topological polar surface area (TPSA) is 64.1 Å². The van der Waals surface area contributed by atoms with E-state index in [9.17, 15) is 4.79 Å². The van der Waals surface area contributed by atoms with Gasteiger partial charge < -0.3 is 10.1 Å². The normalized spacial score (nSPS) is 11.6. The Balaban J connectivity index is 1.68. The van der Waals surface area contributed by atoms with Crippen LogP contribution in [0.15, 0.2) is 61.0 Å². The van der Waals surface area contributed by atoms with Crippen molar-refractivity contribution in [3.05, 3.63) is 71.4 Å². The van der Waals surface area contributed by atoms with Crippen molar-refractivity contribution in [2.24, 2.45) is 0 Å². The van der Waals surface area contributed by atoms with Gasteiger partial charge in [-0.3, -0.25) is 0 Å². The molecule has 5 nitrogen and oxygen atoms in total. The molecule has 0 bridgehead atoms. The predicted octanol–water partition coefficient (Wildman–Crippen LogP) is 6.58. The molecule has 0 amide bonds. The Bertz CT molecular complexity index is 1270. The standard InChI is InChI=1S/C24H23N3O2S/c1-14(2)29-22(28)20-12-18-19(30-20)11-6-15-13-25-23(27-21(15)18)26-17-9-7-16(8-10-17)24(3,4)5/h6-13H,1H2,2-5H3,(H,25,26,27). The maximum atomic E-state index is 12.2. The van der Waals surface area contributed by atoms with Crippen LogP contribution in [0.2, 0.25) is 0 Å². The van der Waals surface area contributed by atoms with Crippen LogP contribution in [-0.4, -0.2) is 15.9 Å². The van der Waals surface area contributed by atoms with Gasteiger partial charge in [0.15, 0.2) is 0 Å². The van der Waals surface area contributed by atoms with Crippen molar-refractivity contribution < 1.29 is 9.53 Å². The Morgan fingerprint density at radius 3 is 2.53 bits per heavy atom. The second-order valence-corrected chi connectivity index (χ2v) is 9.35. The zero-order valence-electron chi connectivity index (χ0n) is 17.4. The van der Waals surface area contributed by atoms with E-state index in [2.05, 4.69) is 49.8 Å². The monoisotopic (exact) mass is 417 g/mol. The maximum Gasteiger partial charge on any atom is 0.353 e. The van der Waals surface area contributed by atoms with Crippen molar-refractivity contribution in [1.82, 2.24) is 9.97 Å². The number of thiophene rings is 1. The zero-order valence-corrected chi connectivity index (χ0v) is 18.3. The van der Waals surface area contributed by atoms with Gasteiger partial charge in [-0.15, -0.1) is 11.3 Å². The number of ether oxygens (including phenoxy) is 1. The number of allylic oxidation sites excluding steroid dienone is 1. The van der Waals surface area contributed by atoms with Crippen molar-refractivity contribution in [3.8, 4) is 0 Å². The minimum absolute atomic E-state index is 0.103. The Hall–Kier alpha value is -3.25. The fourth-order valence-corrected chi connectivity index (χ4v) is 4.10. The molecule has 2 aromatic carbocycles. The molecule has 0 saturated heterocycles. The van der Waals surface area contributed by atoms with Gasteiger partial charge in [0.25, 0.3) is 0 Å². The molecule has 0 fully saturated rings. The van der Waals surface area contributed by atoms with Gasteiger partial charge in [0, 0.05) is 27.4 Å². The summed E-state index contributed by atoms with van der Waals surface area (Å²) in [5.74, 6) is 0.479. The number of nitrogens with one attached hydrogen (secondary N) is 1. The lowest BCUT2D eigenvalue weighted by atomic mass is 9.87. The van der Waals surface area contributed by atoms with E-state index in [4.69, 9.17) is 9.72 Å². The lowest BCUT2D eigenvalue weighted by Gasteiger charge is -2.19. The molecule has 0 spiro atoms. The second kappa shape index (κ2) is 7.54. The zero-order chi connectivity index (χ0) is 21.5. The number of carbonyl (C=O) groups is 1. The van der Waals surface area contributed by atoms with Gasteiger partial charge in [-0.05, 0) is 48.2 Å². The Morgan fingerprint density at radius 2 is 1.87 bits per heavy atom. The van der Waals surface area contributed by atoms with Gasteiger partial charge in [-0.25, -0.2) is 14.8 Å². The number of hydrogen-bond acceptors (Lipinski definition) is 6. The van der Waals surface area contributed by atoms with Crippen LogP contribution in [0.1, 0.15) is 42.9 Å². The summed E-state index contributed by atoms with van der Waals surface area (Å²) < 4.78 is 6.11. The summed E-state index contributed by atoms with van der Waals surface area (Å²) in [7, 11) is 0. The highest BCUT2D eigenvalue weighted by Crippen LogP contribution is 2.32. The van der Waals surface area contributed by atoms with E-state index >= 15 is 0 Å². The highest BCUT2D eigenvalue weighted by Gasteiger charge is 2.16. The third kappa shape index (κ3) is 4.04. The van der Waals surface area contributed by atoms with Crippen molar-refractivity contribution in [2.75, 3.05) is 5.32 Å². The highest BCUT2D eigenvalue weighted by atomic mass is 32.1. The van der Waals surface area contributed by atoms with Gasteiger partial charge in [0.1, 0.15) is 4.88 Å². The molecule has 0 radical (unpaired) electrons. The average Bonchev–Trinajstić information content (AvgIpc) is 3.12. The van der Waals surface area contributed by atoms with E-state index in [0.717, 1.165) is 26.7 Å². The first-order valence-electron chi connectivity index (χ1n) is 9.65. The van der Waals surface area contributed by atoms with Crippen LogP contribution in [0.4, 0.5) is 11.6 Å². The average molecular weight is 418 g/mol. The smallest absolute Gasteiger partial charge is 0.353 e. The molecule has 2 aromatic heterocycles. The van der Waals surface area contributed by atoms with E-state index in [1.165, 1.54) is 16.9 Å². The third-order valence-electron chi connectivity index (χ3n) is 4.72. The largest absolute Gasteiger partial charge is 0.428 e. The maximum absolute atomic E-state index is 12.2. The summed E-state index contributed by atoms with van der Waals surface area (Å²) >= 11 is 1.38. The number of fused-ring (bicyclic) bond motifs is 3. The lowest BCUT2D eigenvalue weighted by molar-refractivity contribution is 0.0633. The summed E-state index contributed by atoms with van der Waals surface area (Å²) in [5, 5.41) is 5.09. The number of aromatic nitrogens is 2. The number of carbonyl (C=O) groups excluding carboxylic acids is 1. The molecule has 0 aliphatic carbocycles. The van der Waals surface area contributed by atoms with Crippen molar-refractivity contribution in [3.63, 3.8) is 0 Å². The van der Waals surface area contributed by atoms with Crippen LogP contribution in [-0.2, 0) is 10.2 Å². The number of nitrogens with zero attached hydrogens (tertiary/aromatic N) is 2. The van der Waals surface area contributed by atoms with Crippen molar-refractivity contribution in [1.29, 1.82) is 0 Å². The summed E-state index contributed by atoms with van der Waals surface area (Å²) in [5.41, 5.74) is 3.08. The second-order valence-electron chi connectivity index (χ2n) is 8.26.